The molecule has 0 saturated carbocycles. The first-order chi connectivity index (χ1) is 15.9. The number of rotatable bonds is 7. The van der Waals surface area contributed by atoms with Crippen LogP contribution >= 0.6 is 0 Å². The predicted octanol–water partition coefficient (Wildman–Crippen LogP) is 2.97. The molecule has 0 radical (unpaired) electrons. The van der Waals surface area contributed by atoms with E-state index in [0.717, 1.165) is 27.1 Å². The molecule has 4 aromatic rings. The molecule has 0 amide bonds. The molecular weight excluding hydrogens is 422 g/mol. The first-order valence-corrected chi connectivity index (χ1v) is 10.5. The molecule has 0 bridgehead atoms. The third-order valence-electron chi connectivity index (χ3n) is 5.96. The number of hydrogen-bond donors (Lipinski definition) is 0. The highest BCUT2D eigenvalue weighted by Gasteiger charge is 2.19. The number of aromatic nitrogens is 3. The van der Waals surface area contributed by atoms with Crippen molar-refractivity contribution in [2.75, 3.05) is 21.3 Å². The van der Waals surface area contributed by atoms with E-state index in [-0.39, 0.29) is 11.2 Å². The van der Waals surface area contributed by atoms with Crippen molar-refractivity contribution in [2.24, 2.45) is 14.1 Å². The summed E-state index contributed by atoms with van der Waals surface area (Å²) in [6.45, 7) is 0.600. The monoisotopic (exact) mass is 449 g/mol. The molecule has 2 aromatic heterocycles. The zero-order chi connectivity index (χ0) is 23.7. The third-order valence-corrected chi connectivity index (χ3v) is 5.96. The molecule has 0 atom stereocenters. The SMILES string of the molecule is COc1ccc(-c2c3c(=O)n(C)c(=O)n(C)c3cn2CCc2ccc(OC)c(OC)c2)cc1. The quantitative estimate of drug-likeness (QED) is 0.434. The summed E-state index contributed by atoms with van der Waals surface area (Å²) in [6, 6.07) is 13.4. The molecule has 0 fully saturated rings. The summed E-state index contributed by atoms with van der Waals surface area (Å²) < 4.78 is 20.7. The highest BCUT2D eigenvalue weighted by molar-refractivity contribution is 5.93. The van der Waals surface area contributed by atoms with Gasteiger partial charge >= 0.3 is 5.69 Å². The molecule has 0 aliphatic heterocycles. The van der Waals surface area contributed by atoms with E-state index in [4.69, 9.17) is 14.2 Å². The van der Waals surface area contributed by atoms with Gasteiger partial charge in [0.25, 0.3) is 5.56 Å². The number of hydrogen-bond acceptors (Lipinski definition) is 5. The minimum absolute atomic E-state index is 0.316. The van der Waals surface area contributed by atoms with Crippen molar-refractivity contribution in [3.63, 3.8) is 0 Å². The van der Waals surface area contributed by atoms with Gasteiger partial charge in [0.2, 0.25) is 0 Å². The lowest BCUT2D eigenvalue weighted by Gasteiger charge is -2.12. The van der Waals surface area contributed by atoms with Crippen LogP contribution in [0.3, 0.4) is 0 Å². The van der Waals surface area contributed by atoms with Crippen molar-refractivity contribution in [3.8, 4) is 28.5 Å². The van der Waals surface area contributed by atoms with Gasteiger partial charge in [0.15, 0.2) is 11.5 Å². The van der Waals surface area contributed by atoms with Gasteiger partial charge in [-0.3, -0.25) is 13.9 Å². The van der Waals surface area contributed by atoms with Gasteiger partial charge in [-0.2, -0.15) is 0 Å². The van der Waals surface area contributed by atoms with Crippen LogP contribution in [0.25, 0.3) is 22.2 Å². The number of ether oxygens (including phenoxy) is 3. The lowest BCUT2D eigenvalue weighted by atomic mass is 10.1. The van der Waals surface area contributed by atoms with Crippen LogP contribution in [0.15, 0.2) is 58.3 Å². The molecule has 0 aliphatic carbocycles. The third kappa shape index (κ3) is 3.88. The number of aryl methyl sites for hydroxylation is 3. The van der Waals surface area contributed by atoms with Crippen molar-refractivity contribution in [1.82, 2.24) is 13.7 Å². The Hall–Kier alpha value is -3.94. The van der Waals surface area contributed by atoms with E-state index in [9.17, 15) is 9.59 Å². The Morgan fingerprint density at radius 1 is 0.818 bits per heavy atom. The maximum atomic E-state index is 13.1. The molecule has 4 rings (SSSR count). The van der Waals surface area contributed by atoms with Gasteiger partial charge in [-0.25, -0.2) is 4.79 Å². The van der Waals surface area contributed by atoms with Crippen molar-refractivity contribution in [1.29, 1.82) is 0 Å². The van der Waals surface area contributed by atoms with E-state index in [1.165, 1.54) is 11.6 Å². The Kier molecular flexibility index (Phi) is 6.00. The average molecular weight is 450 g/mol. The molecule has 8 heteroatoms. The summed E-state index contributed by atoms with van der Waals surface area (Å²) in [5.74, 6) is 2.07. The van der Waals surface area contributed by atoms with Crippen molar-refractivity contribution < 1.29 is 14.2 Å². The van der Waals surface area contributed by atoms with Gasteiger partial charge in [-0.05, 0) is 53.9 Å². The zero-order valence-corrected chi connectivity index (χ0v) is 19.4. The van der Waals surface area contributed by atoms with E-state index in [1.54, 1.807) is 28.4 Å². The second-order valence-corrected chi connectivity index (χ2v) is 7.80. The predicted molar refractivity (Wildman–Crippen MR) is 128 cm³/mol. The largest absolute Gasteiger partial charge is 0.497 e. The van der Waals surface area contributed by atoms with Crippen LogP contribution in [0.1, 0.15) is 5.56 Å². The Morgan fingerprint density at radius 3 is 2.15 bits per heavy atom. The Labute approximate surface area is 191 Å². The lowest BCUT2D eigenvalue weighted by Crippen LogP contribution is -2.36. The molecule has 0 unspecified atom stereocenters. The van der Waals surface area contributed by atoms with E-state index < -0.39 is 0 Å². The molecule has 0 aliphatic rings. The average Bonchev–Trinajstić information content (AvgIpc) is 3.24. The molecule has 0 N–H and O–H groups in total. The Bertz CT molecular complexity index is 1430. The lowest BCUT2D eigenvalue weighted by molar-refractivity contribution is 0.354. The summed E-state index contributed by atoms with van der Waals surface area (Å²) in [5.41, 5.74) is 2.63. The highest BCUT2D eigenvalue weighted by Crippen LogP contribution is 2.31. The minimum atomic E-state index is -0.356. The van der Waals surface area contributed by atoms with Crippen LogP contribution in [0.4, 0.5) is 0 Å². The van der Waals surface area contributed by atoms with Gasteiger partial charge in [0.1, 0.15) is 5.75 Å². The number of fused-ring (bicyclic) bond motifs is 1. The van der Waals surface area contributed by atoms with Gasteiger partial charge in [-0.15, -0.1) is 0 Å². The molecule has 172 valence electrons. The van der Waals surface area contributed by atoms with Crippen LogP contribution < -0.4 is 25.5 Å². The minimum Gasteiger partial charge on any atom is -0.497 e. The van der Waals surface area contributed by atoms with E-state index in [2.05, 4.69) is 0 Å². The summed E-state index contributed by atoms with van der Waals surface area (Å²) >= 11 is 0. The molecule has 33 heavy (non-hydrogen) atoms. The summed E-state index contributed by atoms with van der Waals surface area (Å²) in [6.07, 6.45) is 2.57. The number of nitrogens with zero attached hydrogens (tertiary/aromatic N) is 3. The normalized spacial score (nSPS) is 11.1. The second-order valence-electron chi connectivity index (χ2n) is 7.80. The van der Waals surface area contributed by atoms with E-state index in [0.29, 0.717) is 35.4 Å². The first kappa shape index (κ1) is 22.3. The maximum Gasteiger partial charge on any atom is 0.330 e. The zero-order valence-electron chi connectivity index (χ0n) is 19.4. The van der Waals surface area contributed by atoms with Crippen LogP contribution in [0.2, 0.25) is 0 Å². The first-order valence-electron chi connectivity index (χ1n) is 10.5. The van der Waals surface area contributed by atoms with Gasteiger partial charge in [-0.1, -0.05) is 6.07 Å². The number of methoxy groups -OCH3 is 3. The topological polar surface area (TPSA) is 76.6 Å². The summed E-state index contributed by atoms with van der Waals surface area (Å²) in [7, 11) is 8.01. The molecule has 8 nitrogen and oxygen atoms in total. The summed E-state index contributed by atoms with van der Waals surface area (Å²) in [5, 5.41) is 0.511. The standard InChI is InChI=1S/C25H27N3O5/c1-26-19-15-28(13-12-16-6-11-20(32-4)21(14-16)33-5)23(17-7-9-18(31-3)10-8-17)22(19)24(29)27(2)25(26)30/h6-11,14-15H,12-13H2,1-5H3. The van der Waals surface area contributed by atoms with Crippen molar-refractivity contribution >= 4 is 10.9 Å². The Morgan fingerprint density at radius 2 is 1.52 bits per heavy atom. The van der Waals surface area contributed by atoms with E-state index >= 15 is 0 Å². The molecule has 2 aromatic carbocycles. The highest BCUT2D eigenvalue weighted by atomic mass is 16.5. The summed E-state index contributed by atoms with van der Waals surface area (Å²) in [4.78, 5) is 25.7. The van der Waals surface area contributed by atoms with E-state index in [1.807, 2.05) is 53.2 Å². The van der Waals surface area contributed by atoms with Crippen LogP contribution in [-0.2, 0) is 27.1 Å². The fourth-order valence-corrected chi connectivity index (χ4v) is 4.11. The molecule has 0 spiro atoms. The smallest absolute Gasteiger partial charge is 0.330 e. The van der Waals surface area contributed by atoms with Gasteiger partial charge in [0, 0.05) is 26.8 Å². The van der Waals surface area contributed by atoms with Gasteiger partial charge < -0.3 is 18.8 Å². The molecule has 0 saturated heterocycles. The second kappa shape index (κ2) is 8.90. The van der Waals surface area contributed by atoms with Crippen LogP contribution in [0.5, 0.6) is 17.2 Å². The van der Waals surface area contributed by atoms with Crippen LogP contribution in [0, 0.1) is 0 Å². The fourth-order valence-electron chi connectivity index (χ4n) is 4.11. The number of benzene rings is 2. The maximum absolute atomic E-state index is 13.1. The van der Waals surface area contributed by atoms with Crippen molar-refractivity contribution in [3.05, 3.63) is 75.1 Å². The fraction of sp³-hybridized carbons (Fsp3) is 0.280. The van der Waals surface area contributed by atoms with Crippen LogP contribution in [-0.4, -0.2) is 35.0 Å². The Balaban J connectivity index is 1.85. The van der Waals surface area contributed by atoms with Gasteiger partial charge in [0.05, 0.1) is 37.9 Å². The van der Waals surface area contributed by atoms with Crippen molar-refractivity contribution in [2.45, 2.75) is 13.0 Å². The molecular formula is C25H27N3O5. The molecule has 2 heterocycles.